The van der Waals surface area contributed by atoms with E-state index in [2.05, 4.69) is 0 Å². The Kier molecular flexibility index (Phi) is 3.51. The molecule has 0 bridgehead atoms. The summed E-state index contributed by atoms with van der Waals surface area (Å²) >= 11 is 6.32. The summed E-state index contributed by atoms with van der Waals surface area (Å²) in [6.07, 6.45) is 5.80. The number of hydrogen-bond donors (Lipinski definition) is 0. The Morgan fingerprint density at radius 1 is 1.11 bits per heavy atom. The van der Waals surface area contributed by atoms with E-state index in [1.165, 1.54) is 6.07 Å². The molecule has 1 unspecified atom stereocenters. The van der Waals surface area contributed by atoms with Crippen molar-refractivity contribution < 1.29 is 14.4 Å². The normalized spacial score (nSPS) is 19.4. The maximum Gasteiger partial charge on any atom is 0.294 e. The molecule has 2 heterocycles. The van der Waals surface area contributed by atoms with E-state index in [-0.39, 0.29) is 5.69 Å². The first-order valence-electron chi connectivity index (χ1n) is 8.73. The molecule has 0 fully saturated rings. The second kappa shape index (κ2) is 5.84. The van der Waals surface area contributed by atoms with Gasteiger partial charge in [-0.3, -0.25) is 10.1 Å². The van der Waals surface area contributed by atoms with Gasteiger partial charge in [0, 0.05) is 34.9 Å². The lowest BCUT2D eigenvalue weighted by molar-refractivity contribution is -0.384. The van der Waals surface area contributed by atoms with Crippen LogP contribution in [0.25, 0.3) is 22.9 Å². The average molecular weight is 392 g/mol. The zero-order chi connectivity index (χ0) is 19.5. The predicted octanol–water partition coefficient (Wildman–Crippen LogP) is 6.00. The smallest absolute Gasteiger partial charge is 0.294 e. The monoisotopic (exact) mass is 391 g/mol. The lowest BCUT2D eigenvalue weighted by Gasteiger charge is -2.39. The highest BCUT2D eigenvalue weighted by Crippen LogP contribution is 2.45. The second-order valence-electron chi connectivity index (χ2n) is 6.83. The molecule has 2 aliphatic heterocycles. The van der Waals surface area contributed by atoms with Crippen LogP contribution >= 0.6 is 11.6 Å². The first-order chi connectivity index (χ1) is 13.5. The fraction of sp³-hybridized carbons (Fsp3) is 0.0909. The minimum absolute atomic E-state index is 0.0604. The van der Waals surface area contributed by atoms with Gasteiger partial charge >= 0.3 is 0 Å². The summed E-state index contributed by atoms with van der Waals surface area (Å²) in [6, 6.07) is 14.0. The van der Waals surface area contributed by atoms with Crippen molar-refractivity contribution in [3.8, 4) is 11.5 Å². The van der Waals surface area contributed by atoms with Crippen molar-refractivity contribution in [2.75, 3.05) is 0 Å². The molecule has 0 aromatic heterocycles. The van der Waals surface area contributed by atoms with Gasteiger partial charge in [-0.2, -0.15) is 0 Å². The van der Waals surface area contributed by atoms with Gasteiger partial charge < -0.3 is 9.47 Å². The van der Waals surface area contributed by atoms with Crippen LogP contribution in [0, 0.1) is 10.1 Å². The minimum atomic E-state index is -1.07. The Morgan fingerprint density at radius 2 is 1.96 bits per heavy atom. The predicted molar refractivity (Wildman–Crippen MR) is 109 cm³/mol. The number of para-hydroxylation sites is 1. The summed E-state index contributed by atoms with van der Waals surface area (Å²) in [4.78, 5) is 10.6. The number of halogens is 1. The summed E-state index contributed by atoms with van der Waals surface area (Å²) in [7, 11) is 0. The van der Waals surface area contributed by atoms with Gasteiger partial charge in [0.05, 0.1) is 9.95 Å². The van der Waals surface area contributed by atoms with Crippen LogP contribution in [0.3, 0.4) is 0 Å². The molecule has 6 heteroatoms. The maximum atomic E-state index is 11.0. The van der Waals surface area contributed by atoms with Crippen molar-refractivity contribution in [1.82, 2.24) is 0 Å². The summed E-state index contributed by atoms with van der Waals surface area (Å²) in [5.41, 5.74) is 2.72. The van der Waals surface area contributed by atoms with Gasteiger partial charge in [-0.15, -0.1) is 0 Å². The third-order valence-electron chi connectivity index (χ3n) is 5.12. The molecule has 1 spiro atoms. The van der Waals surface area contributed by atoms with E-state index in [0.29, 0.717) is 16.5 Å². The average Bonchev–Trinajstić information content (AvgIpc) is 2.69. The Labute approximate surface area is 165 Å². The Bertz CT molecular complexity index is 1230. The van der Waals surface area contributed by atoms with Crippen LogP contribution in [0.15, 0.2) is 60.2 Å². The number of rotatable bonds is 1. The van der Waals surface area contributed by atoms with Crippen molar-refractivity contribution in [1.29, 1.82) is 0 Å². The lowest BCUT2D eigenvalue weighted by Crippen LogP contribution is -2.44. The molecule has 0 saturated carbocycles. The van der Waals surface area contributed by atoms with E-state index < -0.39 is 10.7 Å². The van der Waals surface area contributed by atoms with Crippen molar-refractivity contribution in [3.05, 3.63) is 86.4 Å². The molecule has 0 radical (unpaired) electrons. The topological polar surface area (TPSA) is 61.6 Å². The first kappa shape index (κ1) is 16.8. The molecule has 1 atom stereocenters. The molecule has 0 aliphatic carbocycles. The number of nitro benzene ring substituents is 1. The fourth-order valence-electron chi connectivity index (χ4n) is 3.67. The summed E-state index contributed by atoms with van der Waals surface area (Å²) < 4.78 is 12.5. The van der Waals surface area contributed by atoms with Crippen LogP contribution in [-0.2, 0) is 0 Å². The number of benzene rings is 3. The van der Waals surface area contributed by atoms with Crippen LogP contribution in [0.2, 0.25) is 5.02 Å². The van der Waals surface area contributed by atoms with E-state index in [0.717, 1.165) is 27.5 Å². The van der Waals surface area contributed by atoms with E-state index in [9.17, 15) is 10.1 Å². The van der Waals surface area contributed by atoms with Crippen LogP contribution in [0.1, 0.15) is 18.1 Å². The summed E-state index contributed by atoms with van der Waals surface area (Å²) in [5.74, 6) is 0.158. The van der Waals surface area contributed by atoms with E-state index in [1.54, 1.807) is 18.2 Å². The Balaban J connectivity index is 1.62. The third kappa shape index (κ3) is 2.40. The van der Waals surface area contributed by atoms with Crippen molar-refractivity contribution >= 4 is 40.2 Å². The van der Waals surface area contributed by atoms with Crippen LogP contribution in [-0.4, -0.2) is 10.7 Å². The summed E-state index contributed by atoms with van der Waals surface area (Å²) in [6.45, 7) is 1.95. The van der Waals surface area contributed by atoms with Gasteiger partial charge in [0.15, 0.2) is 5.75 Å². The number of ether oxygens (including phenoxy) is 2. The van der Waals surface area contributed by atoms with E-state index in [4.69, 9.17) is 21.1 Å². The number of fused-ring (bicyclic) bond motifs is 4. The molecular weight excluding hydrogens is 378 g/mol. The molecule has 3 aromatic rings. The standard InChI is InChI=1S/C22H14ClNO4/c1-13-11-15-3-2-4-19(23)21(15)28-22(13)10-9-18-17-7-6-16(24(25)26)12-14(17)5-8-20(18)27-22/h2-12H,1H3. The van der Waals surface area contributed by atoms with Crippen LogP contribution < -0.4 is 9.47 Å². The maximum absolute atomic E-state index is 11.0. The molecule has 3 aromatic carbocycles. The largest absolute Gasteiger partial charge is 0.444 e. The quantitative estimate of drug-likeness (QED) is 0.377. The number of nitro groups is 1. The fourth-order valence-corrected chi connectivity index (χ4v) is 3.89. The third-order valence-corrected chi connectivity index (χ3v) is 5.42. The van der Waals surface area contributed by atoms with Crippen molar-refractivity contribution in [2.24, 2.45) is 0 Å². The van der Waals surface area contributed by atoms with Gasteiger partial charge in [-0.05, 0) is 48.0 Å². The Hall–Kier alpha value is -3.31. The lowest BCUT2D eigenvalue weighted by atomic mass is 9.94. The van der Waals surface area contributed by atoms with Crippen LogP contribution in [0.5, 0.6) is 11.5 Å². The highest BCUT2D eigenvalue weighted by Gasteiger charge is 2.41. The van der Waals surface area contributed by atoms with Gasteiger partial charge in [-0.25, -0.2) is 0 Å². The second-order valence-corrected chi connectivity index (χ2v) is 7.24. The highest BCUT2D eigenvalue weighted by molar-refractivity contribution is 6.32. The van der Waals surface area contributed by atoms with Gasteiger partial charge in [-0.1, -0.05) is 29.8 Å². The highest BCUT2D eigenvalue weighted by atomic mass is 35.5. The zero-order valence-electron chi connectivity index (χ0n) is 14.8. The molecule has 0 N–H and O–H groups in total. The molecule has 5 rings (SSSR count). The van der Waals surface area contributed by atoms with Crippen LogP contribution in [0.4, 0.5) is 5.69 Å². The van der Waals surface area contributed by atoms with E-state index >= 15 is 0 Å². The molecule has 0 amide bonds. The Morgan fingerprint density at radius 3 is 2.79 bits per heavy atom. The van der Waals surface area contributed by atoms with Gasteiger partial charge in [0.2, 0.25) is 0 Å². The van der Waals surface area contributed by atoms with Crippen molar-refractivity contribution in [2.45, 2.75) is 12.7 Å². The molecule has 28 heavy (non-hydrogen) atoms. The molecule has 0 saturated heterocycles. The number of nitrogens with zero attached hydrogens (tertiary/aromatic N) is 1. The number of non-ortho nitro benzene ring substituents is 1. The summed E-state index contributed by atoms with van der Waals surface area (Å²) in [5, 5.41) is 13.2. The van der Waals surface area contributed by atoms with Crippen molar-refractivity contribution in [3.63, 3.8) is 0 Å². The van der Waals surface area contributed by atoms with E-state index in [1.807, 2.05) is 49.4 Å². The van der Waals surface area contributed by atoms with Gasteiger partial charge in [0.25, 0.3) is 11.5 Å². The minimum Gasteiger partial charge on any atom is -0.444 e. The SMILES string of the molecule is CC1=Cc2cccc(Cl)c2OC12C=Cc1c(ccc3cc([N+](=O)[O-])ccc13)O2. The molecule has 138 valence electrons. The molecule has 2 aliphatic rings. The number of hydrogen-bond acceptors (Lipinski definition) is 4. The molecule has 5 nitrogen and oxygen atoms in total. The zero-order valence-corrected chi connectivity index (χ0v) is 15.6. The molecular formula is C22H14ClNO4. The first-order valence-corrected chi connectivity index (χ1v) is 9.10. The van der Waals surface area contributed by atoms with Gasteiger partial charge in [0.1, 0.15) is 5.75 Å².